The topological polar surface area (TPSA) is 64.9 Å². The number of carbonyl (C=O) groups is 1. The summed E-state index contributed by atoms with van der Waals surface area (Å²) < 4.78 is 1.09. The zero-order chi connectivity index (χ0) is 17.5. The molecule has 0 bridgehead atoms. The molecule has 6 heteroatoms. The minimum Gasteiger partial charge on any atom is -0.386 e. The Morgan fingerprint density at radius 1 is 1.33 bits per heavy atom. The van der Waals surface area contributed by atoms with Crippen molar-refractivity contribution in [3.63, 3.8) is 0 Å². The molecule has 2 aromatic carbocycles. The molecule has 0 spiro atoms. The number of aryl methyl sites for hydroxylation is 1. The first-order chi connectivity index (χ1) is 11.5. The third-order valence-corrected chi connectivity index (χ3v) is 4.15. The van der Waals surface area contributed by atoms with Gasteiger partial charge in [-0.1, -0.05) is 23.7 Å². The van der Waals surface area contributed by atoms with E-state index in [4.69, 9.17) is 11.6 Å². The van der Waals surface area contributed by atoms with Gasteiger partial charge in [0, 0.05) is 27.0 Å². The zero-order valence-electron chi connectivity index (χ0n) is 12.9. The summed E-state index contributed by atoms with van der Waals surface area (Å²) in [6, 6.07) is 15.0. The van der Waals surface area contributed by atoms with E-state index in [0.717, 1.165) is 14.7 Å². The number of hydrogen-bond acceptors (Lipinski definition) is 3. The lowest BCUT2D eigenvalue weighted by molar-refractivity contribution is -0.112. The minimum atomic E-state index is -0.444. The molecule has 0 aliphatic carbocycles. The van der Waals surface area contributed by atoms with Crippen LogP contribution in [0.2, 0.25) is 5.02 Å². The van der Waals surface area contributed by atoms with E-state index in [9.17, 15) is 10.1 Å². The van der Waals surface area contributed by atoms with Crippen molar-refractivity contribution in [3.8, 4) is 6.07 Å². The van der Waals surface area contributed by atoms with Crippen LogP contribution >= 0.6 is 34.2 Å². The predicted molar refractivity (Wildman–Crippen MR) is 105 cm³/mol. The summed E-state index contributed by atoms with van der Waals surface area (Å²) >= 11 is 8.13. The van der Waals surface area contributed by atoms with Crippen molar-refractivity contribution < 1.29 is 4.79 Å². The zero-order valence-corrected chi connectivity index (χ0v) is 15.9. The highest BCUT2D eigenvalue weighted by atomic mass is 127. The summed E-state index contributed by atoms with van der Waals surface area (Å²) in [6.45, 7) is 2.38. The van der Waals surface area contributed by atoms with Gasteiger partial charge in [-0.2, -0.15) is 5.26 Å². The SMILES string of the molecule is Cc1cc(I)ccc1NC(=O)/C(C#N)=C\NCc1cccc(Cl)c1. The van der Waals surface area contributed by atoms with E-state index in [-0.39, 0.29) is 5.57 Å². The maximum Gasteiger partial charge on any atom is 0.267 e. The molecule has 0 fully saturated rings. The molecule has 4 nitrogen and oxygen atoms in total. The van der Waals surface area contributed by atoms with Gasteiger partial charge >= 0.3 is 0 Å². The number of halogens is 2. The molecular weight excluding hydrogens is 437 g/mol. The first kappa shape index (κ1) is 18.3. The average Bonchev–Trinajstić information content (AvgIpc) is 2.54. The molecule has 2 N–H and O–H groups in total. The Morgan fingerprint density at radius 3 is 2.79 bits per heavy atom. The van der Waals surface area contributed by atoms with Crippen LogP contribution in [0.3, 0.4) is 0 Å². The number of nitriles is 1. The minimum absolute atomic E-state index is 0.00924. The smallest absolute Gasteiger partial charge is 0.267 e. The van der Waals surface area contributed by atoms with Gasteiger partial charge in [0.2, 0.25) is 0 Å². The lowest BCUT2D eigenvalue weighted by Gasteiger charge is -2.08. The monoisotopic (exact) mass is 451 g/mol. The molecule has 1 amide bonds. The van der Waals surface area contributed by atoms with Crippen LogP contribution in [-0.2, 0) is 11.3 Å². The Labute approximate surface area is 159 Å². The van der Waals surface area contributed by atoms with Gasteiger partial charge in [-0.25, -0.2) is 0 Å². The molecule has 0 saturated carbocycles. The molecule has 0 unspecified atom stereocenters. The highest BCUT2D eigenvalue weighted by Crippen LogP contribution is 2.18. The molecular formula is C18H15ClIN3O. The van der Waals surface area contributed by atoms with Crippen molar-refractivity contribution >= 4 is 45.8 Å². The van der Waals surface area contributed by atoms with E-state index >= 15 is 0 Å². The highest BCUT2D eigenvalue weighted by molar-refractivity contribution is 14.1. The van der Waals surface area contributed by atoms with E-state index in [0.29, 0.717) is 17.3 Å². The Hall–Kier alpha value is -2.04. The maximum atomic E-state index is 12.2. The summed E-state index contributed by atoms with van der Waals surface area (Å²) in [5, 5.41) is 15.5. The number of anilines is 1. The molecule has 0 radical (unpaired) electrons. The van der Waals surface area contributed by atoms with Crippen LogP contribution in [0.4, 0.5) is 5.69 Å². The van der Waals surface area contributed by atoms with Gasteiger partial charge in [0.25, 0.3) is 5.91 Å². The summed E-state index contributed by atoms with van der Waals surface area (Å²) in [4.78, 5) is 12.2. The van der Waals surface area contributed by atoms with E-state index < -0.39 is 5.91 Å². The number of carbonyl (C=O) groups excluding carboxylic acids is 1. The lowest BCUT2D eigenvalue weighted by Crippen LogP contribution is -2.17. The number of nitrogens with zero attached hydrogens (tertiary/aromatic N) is 1. The molecule has 0 aromatic heterocycles. The number of amides is 1. The fraction of sp³-hybridized carbons (Fsp3) is 0.111. The number of benzene rings is 2. The third kappa shape index (κ3) is 5.25. The molecule has 24 heavy (non-hydrogen) atoms. The summed E-state index contributed by atoms with van der Waals surface area (Å²) in [7, 11) is 0. The van der Waals surface area contributed by atoms with Crippen molar-refractivity contribution in [1.29, 1.82) is 5.26 Å². The second-order valence-electron chi connectivity index (χ2n) is 5.09. The van der Waals surface area contributed by atoms with Gasteiger partial charge in [-0.3, -0.25) is 4.79 Å². The lowest BCUT2D eigenvalue weighted by atomic mass is 10.2. The maximum absolute atomic E-state index is 12.2. The predicted octanol–water partition coefficient (Wildman–Crippen LogP) is 4.39. The van der Waals surface area contributed by atoms with Gasteiger partial charge in [-0.05, 0) is 71.0 Å². The van der Waals surface area contributed by atoms with Crippen LogP contribution < -0.4 is 10.6 Å². The van der Waals surface area contributed by atoms with E-state index in [1.807, 2.05) is 49.4 Å². The number of hydrogen-bond donors (Lipinski definition) is 2. The van der Waals surface area contributed by atoms with Crippen LogP contribution in [-0.4, -0.2) is 5.91 Å². The molecule has 2 rings (SSSR count). The number of rotatable bonds is 5. The molecule has 0 saturated heterocycles. The van der Waals surface area contributed by atoms with Crippen molar-refractivity contribution in [2.75, 3.05) is 5.32 Å². The van der Waals surface area contributed by atoms with Gasteiger partial charge in [0.15, 0.2) is 0 Å². The second-order valence-corrected chi connectivity index (χ2v) is 6.78. The molecule has 0 heterocycles. The van der Waals surface area contributed by atoms with Crippen molar-refractivity contribution in [2.24, 2.45) is 0 Å². The summed E-state index contributed by atoms with van der Waals surface area (Å²) in [6.07, 6.45) is 1.41. The van der Waals surface area contributed by atoms with E-state index in [1.165, 1.54) is 6.20 Å². The standard InChI is InChI=1S/C18H15ClIN3O/c1-12-7-16(20)5-6-17(12)23-18(24)14(9-21)11-22-10-13-3-2-4-15(19)8-13/h2-8,11,22H,10H2,1H3,(H,23,24)/b14-11-. The number of nitrogens with one attached hydrogen (secondary N) is 2. The van der Waals surface area contributed by atoms with Gasteiger partial charge in [0.05, 0.1) is 0 Å². The molecule has 0 atom stereocenters. The Balaban J connectivity index is 2.01. The molecule has 0 aliphatic heterocycles. The second kappa shape index (κ2) is 8.71. The average molecular weight is 452 g/mol. The summed E-state index contributed by atoms with van der Waals surface area (Å²) in [5.74, 6) is -0.444. The Kier molecular flexibility index (Phi) is 6.64. The van der Waals surface area contributed by atoms with E-state index in [1.54, 1.807) is 6.07 Å². The molecule has 122 valence electrons. The van der Waals surface area contributed by atoms with Crippen LogP contribution in [0.1, 0.15) is 11.1 Å². The summed E-state index contributed by atoms with van der Waals surface area (Å²) in [5.41, 5.74) is 2.61. The van der Waals surface area contributed by atoms with Crippen molar-refractivity contribution in [3.05, 3.63) is 74.0 Å². The van der Waals surface area contributed by atoms with Crippen molar-refractivity contribution in [1.82, 2.24) is 5.32 Å². The Bertz CT molecular complexity index is 827. The highest BCUT2D eigenvalue weighted by Gasteiger charge is 2.10. The van der Waals surface area contributed by atoms with E-state index in [2.05, 4.69) is 33.2 Å². The fourth-order valence-corrected chi connectivity index (χ4v) is 2.88. The largest absolute Gasteiger partial charge is 0.386 e. The van der Waals surface area contributed by atoms with Gasteiger partial charge in [-0.15, -0.1) is 0 Å². The normalized spacial score (nSPS) is 10.8. The van der Waals surface area contributed by atoms with Crippen LogP contribution in [0.25, 0.3) is 0 Å². The third-order valence-electron chi connectivity index (χ3n) is 3.24. The van der Waals surface area contributed by atoms with Crippen molar-refractivity contribution in [2.45, 2.75) is 13.5 Å². The quantitative estimate of drug-likeness (QED) is 0.403. The van der Waals surface area contributed by atoms with Crippen LogP contribution in [0.15, 0.2) is 54.2 Å². The van der Waals surface area contributed by atoms with Gasteiger partial charge in [0.1, 0.15) is 11.6 Å². The van der Waals surface area contributed by atoms with Crippen LogP contribution in [0, 0.1) is 21.8 Å². The molecule has 2 aromatic rings. The first-order valence-corrected chi connectivity index (χ1v) is 8.61. The van der Waals surface area contributed by atoms with Crippen LogP contribution in [0.5, 0.6) is 0 Å². The fourth-order valence-electron chi connectivity index (χ4n) is 2.02. The first-order valence-electron chi connectivity index (χ1n) is 7.15. The Morgan fingerprint density at radius 2 is 2.12 bits per heavy atom. The van der Waals surface area contributed by atoms with Gasteiger partial charge < -0.3 is 10.6 Å². The molecule has 0 aliphatic rings.